The van der Waals surface area contributed by atoms with E-state index in [9.17, 15) is 8.42 Å². The number of hydrogen-bond acceptors (Lipinski definition) is 4. The number of rotatable bonds is 5. The molecule has 0 saturated carbocycles. The lowest BCUT2D eigenvalue weighted by molar-refractivity contribution is 0.225. The molecule has 1 saturated heterocycles. The maximum atomic E-state index is 11.3. The van der Waals surface area contributed by atoms with Crippen molar-refractivity contribution in [1.29, 1.82) is 0 Å². The SMILES string of the molecule is CS(=O)(=O)OC1CN1C(c1ccccc1)c1ccccc1. The predicted octanol–water partition coefficient (Wildman–Crippen LogP) is 2.39. The summed E-state index contributed by atoms with van der Waals surface area (Å²) < 4.78 is 27.6. The first-order chi connectivity index (χ1) is 10.0. The van der Waals surface area contributed by atoms with Crippen molar-refractivity contribution in [2.75, 3.05) is 12.8 Å². The average molecular weight is 303 g/mol. The molecule has 3 rings (SSSR count). The van der Waals surface area contributed by atoms with E-state index in [1.807, 2.05) is 65.6 Å². The van der Waals surface area contributed by atoms with Crippen molar-refractivity contribution in [3.05, 3.63) is 71.8 Å². The lowest BCUT2D eigenvalue weighted by Crippen LogP contribution is -2.17. The van der Waals surface area contributed by atoms with Gasteiger partial charge in [-0.05, 0) is 11.1 Å². The molecular formula is C16H17NO3S. The molecule has 0 spiro atoms. The third-order valence-electron chi connectivity index (χ3n) is 3.45. The van der Waals surface area contributed by atoms with E-state index in [0.29, 0.717) is 6.54 Å². The average Bonchev–Trinajstić information content (AvgIpc) is 3.18. The summed E-state index contributed by atoms with van der Waals surface area (Å²) in [5.41, 5.74) is 2.26. The van der Waals surface area contributed by atoms with Gasteiger partial charge in [0, 0.05) is 6.54 Å². The molecule has 5 heteroatoms. The Morgan fingerprint density at radius 1 is 1.00 bits per heavy atom. The number of nitrogens with zero attached hydrogens (tertiary/aromatic N) is 1. The highest BCUT2D eigenvalue weighted by atomic mass is 32.2. The second-order valence-electron chi connectivity index (χ2n) is 5.18. The van der Waals surface area contributed by atoms with E-state index >= 15 is 0 Å². The van der Waals surface area contributed by atoms with Crippen LogP contribution in [0.3, 0.4) is 0 Å². The first-order valence-electron chi connectivity index (χ1n) is 6.78. The van der Waals surface area contributed by atoms with Crippen LogP contribution in [0.4, 0.5) is 0 Å². The van der Waals surface area contributed by atoms with Crippen LogP contribution in [0.1, 0.15) is 17.2 Å². The van der Waals surface area contributed by atoms with Crippen molar-refractivity contribution in [2.45, 2.75) is 12.3 Å². The highest BCUT2D eigenvalue weighted by molar-refractivity contribution is 7.86. The topological polar surface area (TPSA) is 46.4 Å². The van der Waals surface area contributed by atoms with Crippen LogP contribution in [0, 0.1) is 0 Å². The van der Waals surface area contributed by atoms with Crippen molar-refractivity contribution in [2.24, 2.45) is 0 Å². The second kappa shape index (κ2) is 5.60. The van der Waals surface area contributed by atoms with E-state index in [1.165, 1.54) is 0 Å². The molecule has 21 heavy (non-hydrogen) atoms. The Morgan fingerprint density at radius 3 is 1.90 bits per heavy atom. The summed E-state index contributed by atoms with van der Waals surface area (Å²) in [4.78, 5) is 2.03. The van der Waals surface area contributed by atoms with Crippen LogP contribution in [-0.2, 0) is 14.3 Å². The third kappa shape index (κ3) is 3.50. The van der Waals surface area contributed by atoms with E-state index in [2.05, 4.69) is 0 Å². The molecular weight excluding hydrogens is 286 g/mol. The van der Waals surface area contributed by atoms with Crippen LogP contribution in [0.25, 0.3) is 0 Å². The molecule has 4 nitrogen and oxygen atoms in total. The Kier molecular flexibility index (Phi) is 3.80. The minimum atomic E-state index is -3.43. The summed E-state index contributed by atoms with van der Waals surface area (Å²) >= 11 is 0. The largest absolute Gasteiger partial charge is 0.265 e. The standard InChI is InChI=1S/C16H17NO3S/c1-21(18,19)20-15-12-17(15)16(13-8-4-2-5-9-13)14-10-6-3-7-11-14/h2-11,15-16H,12H2,1H3. The van der Waals surface area contributed by atoms with Gasteiger partial charge in [0.1, 0.15) is 6.23 Å². The zero-order valence-electron chi connectivity index (χ0n) is 11.7. The van der Waals surface area contributed by atoms with Gasteiger partial charge in [-0.15, -0.1) is 0 Å². The summed E-state index contributed by atoms with van der Waals surface area (Å²) in [6, 6.07) is 20.1. The van der Waals surface area contributed by atoms with Gasteiger partial charge in [-0.2, -0.15) is 8.42 Å². The minimum absolute atomic E-state index is 0.0131. The zero-order chi connectivity index (χ0) is 14.9. The highest BCUT2D eigenvalue weighted by Gasteiger charge is 2.44. The first kappa shape index (κ1) is 14.3. The Hall–Kier alpha value is -1.69. The van der Waals surface area contributed by atoms with Gasteiger partial charge in [-0.3, -0.25) is 4.90 Å². The molecule has 2 aromatic carbocycles. The van der Waals surface area contributed by atoms with E-state index in [0.717, 1.165) is 17.4 Å². The molecule has 2 aromatic rings. The van der Waals surface area contributed by atoms with Crippen molar-refractivity contribution < 1.29 is 12.6 Å². The molecule has 110 valence electrons. The summed E-state index contributed by atoms with van der Waals surface area (Å²) in [5.74, 6) is 0. The number of benzene rings is 2. The normalized spacial score (nSPS) is 21.4. The molecule has 1 aliphatic rings. The van der Waals surface area contributed by atoms with Crippen LogP contribution in [-0.4, -0.2) is 32.3 Å². The van der Waals surface area contributed by atoms with E-state index in [1.54, 1.807) is 0 Å². The fourth-order valence-corrected chi connectivity index (χ4v) is 3.11. The van der Waals surface area contributed by atoms with E-state index < -0.39 is 10.1 Å². The summed E-state index contributed by atoms with van der Waals surface area (Å²) in [7, 11) is -3.43. The molecule has 2 atom stereocenters. The van der Waals surface area contributed by atoms with Gasteiger partial charge in [0.15, 0.2) is 0 Å². The fourth-order valence-electron chi connectivity index (χ4n) is 2.54. The van der Waals surface area contributed by atoms with Crippen LogP contribution < -0.4 is 0 Å². The predicted molar refractivity (Wildman–Crippen MR) is 81.1 cm³/mol. The molecule has 2 unspecified atom stereocenters. The highest BCUT2D eigenvalue weighted by Crippen LogP contribution is 2.38. The van der Waals surface area contributed by atoms with Gasteiger partial charge in [0.25, 0.3) is 10.1 Å². The first-order valence-corrected chi connectivity index (χ1v) is 8.60. The molecule has 1 aliphatic heterocycles. The summed E-state index contributed by atoms with van der Waals surface area (Å²) in [6.07, 6.45) is 0.717. The van der Waals surface area contributed by atoms with E-state index in [4.69, 9.17) is 4.18 Å². The van der Waals surface area contributed by atoms with Gasteiger partial charge in [0.2, 0.25) is 0 Å². The van der Waals surface area contributed by atoms with E-state index in [-0.39, 0.29) is 12.3 Å². The van der Waals surface area contributed by atoms with Gasteiger partial charge < -0.3 is 0 Å². The molecule has 1 fully saturated rings. The van der Waals surface area contributed by atoms with Gasteiger partial charge in [-0.25, -0.2) is 4.18 Å². The molecule has 0 radical (unpaired) electrons. The third-order valence-corrected chi connectivity index (χ3v) is 4.02. The Balaban J connectivity index is 1.89. The maximum Gasteiger partial charge on any atom is 0.265 e. The van der Waals surface area contributed by atoms with Gasteiger partial charge >= 0.3 is 0 Å². The van der Waals surface area contributed by atoms with Crippen LogP contribution >= 0.6 is 0 Å². The lowest BCUT2D eigenvalue weighted by atomic mass is 9.99. The Morgan fingerprint density at radius 2 is 1.48 bits per heavy atom. The van der Waals surface area contributed by atoms with Crippen molar-refractivity contribution in [1.82, 2.24) is 4.90 Å². The second-order valence-corrected chi connectivity index (χ2v) is 6.78. The Bertz CT molecular complexity index is 661. The van der Waals surface area contributed by atoms with Gasteiger partial charge in [-0.1, -0.05) is 60.7 Å². The smallest absolute Gasteiger partial charge is 0.261 e. The van der Waals surface area contributed by atoms with Gasteiger partial charge in [0.05, 0.1) is 12.3 Å². The van der Waals surface area contributed by atoms with Crippen molar-refractivity contribution >= 4 is 10.1 Å². The molecule has 0 amide bonds. The summed E-state index contributed by atoms with van der Waals surface area (Å²) in [6.45, 7) is 0.613. The molecule has 0 aliphatic carbocycles. The quantitative estimate of drug-likeness (QED) is 0.628. The molecule has 0 aromatic heterocycles. The van der Waals surface area contributed by atoms with Crippen LogP contribution in [0.5, 0.6) is 0 Å². The lowest BCUT2D eigenvalue weighted by Gasteiger charge is -2.20. The molecule has 1 heterocycles. The minimum Gasteiger partial charge on any atom is -0.261 e. The monoisotopic (exact) mass is 303 g/mol. The summed E-state index contributed by atoms with van der Waals surface area (Å²) in [5, 5.41) is 0. The number of hydrogen-bond donors (Lipinski definition) is 0. The van der Waals surface area contributed by atoms with Crippen LogP contribution in [0.15, 0.2) is 60.7 Å². The fraction of sp³-hybridized carbons (Fsp3) is 0.250. The molecule has 0 N–H and O–H groups in total. The Labute approximate surface area is 125 Å². The maximum absolute atomic E-state index is 11.3. The van der Waals surface area contributed by atoms with Crippen molar-refractivity contribution in [3.8, 4) is 0 Å². The molecule has 0 bridgehead atoms. The van der Waals surface area contributed by atoms with Crippen molar-refractivity contribution in [3.63, 3.8) is 0 Å². The zero-order valence-corrected chi connectivity index (χ0v) is 12.5. The van der Waals surface area contributed by atoms with Crippen LogP contribution in [0.2, 0.25) is 0 Å².